The van der Waals surface area contributed by atoms with Crippen molar-refractivity contribution in [2.24, 2.45) is 0 Å². The van der Waals surface area contributed by atoms with E-state index in [0.29, 0.717) is 16.6 Å². The first kappa shape index (κ1) is 16.4. The summed E-state index contributed by atoms with van der Waals surface area (Å²) < 4.78 is 0. The Kier molecular flexibility index (Phi) is 4.68. The average Bonchev–Trinajstić information content (AvgIpc) is 2.85. The fraction of sp³-hybridized carbons (Fsp3) is 0.562. The van der Waals surface area contributed by atoms with Crippen LogP contribution in [0.5, 0.6) is 0 Å². The van der Waals surface area contributed by atoms with Crippen LogP contribution < -0.4 is 4.98 Å². The van der Waals surface area contributed by atoms with E-state index in [0.717, 1.165) is 22.1 Å². The number of H-pyrrole nitrogens is 1. The summed E-state index contributed by atoms with van der Waals surface area (Å²) in [5.74, 6) is 0.844. The summed E-state index contributed by atoms with van der Waals surface area (Å²) in [6.45, 7) is 14.0. The highest BCUT2D eigenvalue weighted by Gasteiger charge is 2.44. The lowest BCUT2D eigenvalue weighted by molar-refractivity contribution is 0.821. The molecule has 2 heterocycles. The summed E-state index contributed by atoms with van der Waals surface area (Å²) in [7, 11) is -1.74. The number of hydrogen-bond donors (Lipinski definition) is 2. The summed E-state index contributed by atoms with van der Waals surface area (Å²) in [4.78, 5) is 11.4. The van der Waals surface area contributed by atoms with Crippen molar-refractivity contribution in [2.45, 2.75) is 58.2 Å². The molecule has 0 aliphatic carbocycles. The van der Waals surface area contributed by atoms with Gasteiger partial charge in [-0.1, -0.05) is 53.1 Å². The lowest BCUT2D eigenvalue weighted by atomic mass is 10.2. The molecule has 0 radical (unpaired) electrons. The van der Waals surface area contributed by atoms with Crippen LogP contribution in [0.3, 0.4) is 0 Å². The van der Waals surface area contributed by atoms with Crippen LogP contribution in [0.2, 0.25) is 21.6 Å². The molecule has 0 bridgehead atoms. The van der Waals surface area contributed by atoms with Crippen molar-refractivity contribution in [1.82, 2.24) is 9.97 Å². The Labute approximate surface area is 133 Å². The number of aromatic amines is 1. The van der Waals surface area contributed by atoms with Gasteiger partial charge < -0.3 is 9.97 Å². The van der Waals surface area contributed by atoms with Crippen LogP contribution >= 0.6 is 11.6 Å². The largest absolute Gasteiger partial charge is 0.407 e. The van der Waals surface area contributed by atoms with Crippen LogP contribution in [-0.4, -0.2) is 18.2 Å². The van der Waals surface area contributed by atoms with Gasteiger partial charge in [0, 0.05) is 18.0 Å². The summed E-state index contributed by atoms with van der Waals surface area (Å²) in [5.41, 5.74) is 3.88. The molecular formula is C16H26ClN3Si. The van der Waals surface area contributed by atoms with E-state index in [1.54, 1.807) is 6.20 Å². The van der Waals surface area contributed by atoms with E-state index in [2.05, 4.69) is 56.5 Å². The molecule has 0 aromatic rings. The number of hydrogen-bond acceptors (Lipinski definition) is 2. The van der Waals surface area contributed by atoms with Crippen molar-refractivity contribution in [1.29, 1.82) is 0 Å². The molecule has 5 heteroatoms. The van der Waals surface area contributed by atoms with E-state index in [1.165, 1.54) is 0 Å². The Balaban J connectivity index is 2.49. The number of nitrogens with zero attached hydrogens (tertiary/aromatic N) is 1. The molecule has 2 aliphatic rings. The van der Waals surface area contributed by atoms with Gasteiger partial charge in [-0.3, -0.25) is 0 Å². The second kappa shape index (κ2) is 6.01. The van der Waals surface area contributed by atoms with Gasteiger partial charge in [-0.05, 0) is 22.7 Å². The minimum atomic E-state index is -1.74. The van der Waals surface area contributed by atoms with E-state index in [-0.39, 0.29) is 0 Å². The Morgan fingerprint density at radius 2 is 1.67 bits per heavy atom. The second-order valence-electron chi connectivity index (χ2n) is 6.75. The van der Waals surface area contributed by atoms with Gasteiger partial charge >= 0.3 is 0 Å². The molecule has 0 amide bonds. The topological polar surface area (TPSA) is 40.7 Å². The quantitative estimate of drug-likeness (QED) is 0.687. The summed E-state index contributed by atoms with van der Waals surface area (Å²) in [6.07, 6.45) is 3.75. The van der Waals surface area contributed by atoms with Gasteiger partial charge in [0.2, 0.25) is 0 Å². The second-order valence-corrected chi connectivity index (χ2v) is 12.7. The third-order valence-electron chi connectivity index (χ3n) is 4.74. The Morgan fingerprint density at radius 3 is 2.19 bits per heavy atom. The lowest BCUT2D eigenvalue weighted by Gasteiger charge is -2.44. The van der Waals surface area contributed by atoms with E-state index in [4.69, 9.17) is 11.6 Å². The molecule has 0 saturated carbocycles. The molecule has 0 atom stereocenters. The molecule has 3 nitrogen and oxygen atoms in total. The van der Waals surface area contributed by atoms with Crippen LogP contribution in [0.4, 0.5) is 5.69 Å². The standard InChI is InChI=1S/C16H26ClN3Si/c1-10(2)21(11(3)4,12(5)6)20-14-9-19-16-13(15(14)17)7-8-18-16/h7-12,20H,1-6H3,(H,18,19). The zero-order chi connectivity index (χ0) is 15.8. The average molecular weight is 324 g/mol. The molecule has 116 valence electrons. The van der Waals surface area contributed by atoms with E-state index in [9.17, 15) is 0 Å². The van der Waals surface area contributed by atoms with Gasteiger partial charge in [0.05, 0.1) is 10.7 Å². The van der Waals surface area contributed by atoms with Gasteiger partial charge in [0.1, 0.15) is 5.82 Å². The SMILES string of the molecule is CC(C)[Si](Nc1c[nH]c2nccc-2c1Cl)(C(C)C)C(C)C. The normalized spacial score (nSPS) is 12.9. The maximum absolute atomic E-state index is 6.60. The number of nitrogens with one attached hydrogen (secondary N) is 2. The zero-order valence-electron chi connectivity index (χ0n) is 13.8. The number of halogens is 1. The molecular weight excluding hydrogens is 298 g/mol. The van der Waals surface area contributed by atoms with Gasteiger partial charge in [-0.25, -0.2) is 4.98 Å². The van der Waals surface area contributed by atoms with Crippen molar-refractivity contribution in [3.05, 3.63) is 23.5 Å². The van der Waals surface area contributed by atoms with Crippen LogP contribution in [-0.2, 0) is 0 Å². The highest BCUT2D eigenvalue weighted by atomic mass is 35.5. The molecule has 0 aromatic carbocycles. The van der Waals surface area contributed by atoms with Crippen LogP contribution in [0.15, 0.2) is 18.5 Å². The summed E-state index contributed by atoms with van der Waals surface area (Å²) >= 11 is 6.60. The molecule has 2 aliphatic heterocycles. The first-order chi connectivity index (χ1) is 9.80. The molecule has 21 heavy (non-hydrogen) atoms. The van der Waals surface area contributed by atoms with Crippen molar-refractivity contribution in [3.8, 4) is 11.4 Å². The Hall–Kier alpha value is -1.00. The van der Waals surface area contributed by atoms with Crippen LogP contribution in [0, 0.1) is 0 Å². The van der Waals surface area contributed by atoms with Gasteiger partial charge in [-0.15, -0.1) is 0 Å². The Morgan fingerprint density at radius 1 is 1.10 bits per heavy atom. The molecule has 0 unspecified atom stereocenters. The monoisotopic (exact) mass is 323 g/mol. The van der Waals surface area contributed by atoms with Crippen molar-refractivity contribution in [3.63, 3.8) is 0 Å². The molecule has 0 aromatic heterocycles. The molecule has 0 spiro atoms. The summed E-state index contributed by atoms with van der Waals surface area (Å²) in [6, 6.07) is 1.96. The van der Waals surface area contributed by atoms with Crippen molar-refractivity contribution >= 4 is 25.5 Å². The highest BCUT2D eigenvalue weighted by molar-refractivity contribution is 6.86. The van der Waals surface area contributed by atoms with E-state index < -0.39 is 8.24 Å². The maximum atomic E-state index is 6.60. The molecule has 0 saturated heterocycles. The predicted octanol–water partition coefficient (Wildman–Crippen LogP) is 5.76. The first-order valence-corrected chi connectivity index (χ1v) is 10.3. The smallest absolute Gasteiger partial charge is 0.161 e. The number of rotatable bonds is 5. The third kappa shape index (κ3) is 2.71. The minimum Gasteiger partial charge on any atom is -0.407 e. The van der Waals surface area contributed by atoms with Gasteiger partial charge in [-0.2, -0.15) is 0 Å². The maximum Gasteiger partial charge on any atom is 0.161 e. The van der Waals surface area contributed by atoms with Crippen LogP contribution in [0.25, 0.3) is 11.4 Å². The number of aromatic nitrogens is 2. The predicted molar refractivity (Wildman–Crippen MR) is 94.9 cm³/mol. The summed E-state index contributed by atoms with van der Waals surface area (Å²) in [5, 5.41) is 0.778. The molecule has 0 fully saturated rings. The van der Waals surface area contributed by atoms with Gasteiger partial charge in [0.15, 0.2) is 8.24 Å². The number of fused-ring (bicyclic) bond motifs is 1. The van der Waals surface area contributed by atoms with Crippen LogP contribution in [0.1, 0.15) is 41.5 Å². The van der Waals surface area contributed by atoms with Crippen molar-refractivity contribution < 1.29 is 0 Å². The molecule has 2 N–H and O–H groups in total. The molecule has 2 rings (SSSR count). The van der Waals surface area contributed by atoms with Gasteiger partial charge in [0.25, 0.3) is 0 Å². The van der Waals surface area contributed by atoms with E-state index in [1.807, 2.05) is 12.3 Å². The number of anilines is 1. The first-order valence-electron chi connectivity index (χ1n) is 7.70. The fourth-order valence-corrected chi connectivity index (χ4v) is 9.60. The zero-order valence-corrected chi connectivity index (χ0v) is 15.5. The lowest BCUT2D eigenvalue weighted by Crippen LogP contribution is -2.52. The van der Waals surface area contributed by atoms with E-state index >= 15 is 0 Å². The Bertz CT molecular complexity index is 555. The third-order valence-corrected chi connectivity index (χ3v) is 11.6. The fourth-order valence-electron chi connectivity index (χ4n) is 3.73. The number of pyridine rings is 1. The van der Waals surface area contributed by atoms with Crippen molar-refractivity contribution in [2.75, 3.05) is 4.98 Å². The minimum absolute atomic E-state index is 0.627. The highest BCUT2D eigenvalue weighted by Crippen LogP contribution is 2.44.